The largest absolute Gasteiger partial charge is 0.468 e. The van der Waals surface area contributed by atoms with Gasteiger partial charge in [0, 0.05) is 5.92 Å². The fourth-order valence-electron chi connectivity index (χ4n) is 3.70. The number of hydrogen-bond donors (Lipinski definition) is 4. The first-order valence-corrected chi connectivity index (χ1v) is 13.1. The van der Waals surface area contributed by atoms with Gasteiger partial charge in [-0.15, -0.1) is 0 Å². The Bertz CT molecular complexity index is 640. The molecule has 4 unspecified atom stereocenters. The van der Waals surface area contributed by atoms with Crippen molar-refractivity contribution in [2.45, 2.75) is 92.8 Å². The molecule has 0 spiro atoms. The third-order valence-corrected chi connectivity index (χ3v) is 6.08. The van der Waals surface area contributed by atoms with Crippen LogP contribution in [0.2, 0.25) is 0 Å². The lowest BCUT2D eigenvalue weighted by molar-refractivity contribution is -0.159. The molecule has 0 aromatic rings. The lowest BCUT2D eigenvalue weighted by Crippen LogP contribution is -2.42. The highest BCUT2D eigenvalue weighted by Crippen LogP contribution is 2.20. The van der Waals surface area contributed by atoms with Crippen molar-refractivity contribution in [3.63, 3.8) is 0 Å². The molecule has 1 heterocycles. The number of aliphatic hydroxyl groups excluding tert-OH is 2. The van der Waals surface area contributed by atoms with Gasteiger partial charge in [-0.25, -0.2) is 0 Å². The maximum atomic E-state index is 12.1. The van der Waals surface area contributed by atoms with Crippen molar-refractivity contribution in [2.75, 3.05) is 26.8 Å². The first-order chi connectivity index (χ1) is 17.0. The van der Waals surface area contributed by atoms with Gasteiger partial charge < -0.3 is 30.2 Å². The molecule has 0 aromatic carbocycles. The van der Waals surface area contributed by atoms with E-state index in [9.17, 15) is 29.8 Å². The summed E-state index contributed by atoms with van der Waals surface area (Å²) in [7, 11) is 1.14. The third kappa shape index (κ3) is 13.3. The van der Waals surface area contributed by atoms with E-state index < -0.39 is 54.3 Å². The van der Waals surface area contributed by atoms with Crippen LogP contribution in [-0.4, -0.2) is 77.9 Å². The van der Waals surface area contributed by atoms with Crippen LogP contribution in [0.15, 0.2) is 5.16 Å². The molecule has 212 valence electrons. The number of nitrogens with one attached hydrogen (secondary N) is 1. The Morgan fingerprint density at radius 3 is 1.86 bits per heavy atom. The Balaban J connectivity index is 0. The summed E-state index contributed by atoms with van der Waals surface area (Å²) in [5.74, 6) is -5.45. The highest BCUT2D eigenvalue weighted by molar-refractivity contribution is 6.07. The fraction of sp³-hybridized carbons (Fsp3) is 0.846. The maximum absolute atomic E-state index is 12.1. The lowest BCUT2D eigenvalue weighted by Gasteiger charge is -2.27. The minimum absolute atomic E-state index is 0.0909. The zero-order chi connectivity index (χ0) is 28.3. The zero-order valence-corrected chi connectivity index (χ0v) is 23.5. The summed E-state index contributed by atoms with van der Waals surface area (Å²) in [5.41, 5.74) is 0.343. The zero-order valence-electron chi connectivity index (χ0n) is 23.5. The Morgan fingerprint density at radius 2 is 1.47 bits per heavy atom. The number of nitrogens with zero attached hydrogens (tertiary/aromatic N) is 1. The van der Waals surface area contributed by atoms with Gasteiger partial charge in [-0.2, -0.15) is 0 Å². The highest BCUT2D eigenvalue weighted by atomic mass is 16.5. The first-order valence-electron chi connectivity index (χ1n) is 13.1. The van der Waals surface area contributed by atoms with E-state index in [4.69, 9.17) is 4.74 Å². The van der Waals surface area contributed by atoms with Crippen LogP contribution in [0.5, 0.6) is 0 Å². The molecule has 1 aliphatic rings. The highest BCUT2D eigenvalue weighted by Gasteiger charge is 2.34. The second-order valence-corrected chi connectivity index (χ2v) is 8.87. The van der Waals surface area contributed by atoms with Crippen LogP contribution in [0.3, 0.4) is 0 Å². The van der Waals surface area contributed by atoms with Gasteiger partial charge in [-0.1, -0.05) is 52.6 Å². The number of piperidine rings is 1. The summed E-state index contributed by atoms with van der Waals surface area (Å²) in [4.78, 5) is 35.5. The quantitative estimate of drug-likeness (QED) is 0.100. The van der Waals surface area contributed by atoms with Crippen molar-refractivity contribution in [1.82, 2.24) is 5.32 Å². The van der Waals surface area contributed by atoms with Crippen LogP contribution < -0.4 is 5.32 Å². The van der Waals surface area contributed by atoms with Gasteiger partial charge in [-0.3, -0.25) is 14.4 Å². The molecule has 36 heavy (non-hydrogen) atoms. The predicted molar refractivity (Wildman–Crippen MR) is 139 cm³/mol. The van der Waals surface area contributed by atoms with Gasteiger partial charge in [0.25, 0.3) is 0 Å². The molecule has 4 N–H and O–H groups in total. The van der Waals surface area contributed by atoms with Crippen molar-refractivity contribution in [1.29, 1.82) is 0 Å². The van der Waals surface area contributed by atoms with Crippen molar-refractivity contribution >= 4 is 23.4 Å². The maximum Gasteiger partial charge on any atom is 0.316 e. The lowest BCUT2D eigenvalue weighted by atomic mass is 9.86. The fourth-order valence-corrected chi connectivity index (χ4v) is 3.70. The molecule has 0 amide bonds. The van der Waals surface area contributed by atoms with Gasteiger partial charge in [0.1, 0.15) is 24.5 Å². The number of carbonyl (C=O) groups excluding carboxylic acids is 3. The van der Waals surface area contributed by atoms with Crippen LogP contribution in [-0.2, 0) is 23.9 Å². The summed E-state index contributed by atoms with van der Waals surface area (Å²) in [6, 6.07) is 0. The number of ether oxygens (including phenoxy) is 2. The first kappa shape index (κ1) is 36.1. The number of ketones is 1. The predicted octanol–water partition coefficient (Wildman–Crippen LogP) is 2.95. The standard InChI is InChI=1S/C19H33NO8.C5H11N.C2H6/c1-7-8-10(2)15(20-26)11(3)17(23)14(21)9-28-19(25)13(5)16(22)12(4)18(24)27-6;1-2-4-6-5-3-1;1-2/h10-14,17,21,23,26H,7-9H2,1-6H3;6H,1-5H2;1-2H3/b20-15+;;/t10-,11?,12+,13?,14?,17?;;/m1../s1. The number of carbonyl (C=O) groups is 3. The Labute approximate surface area is 216 Å². The summed E-state index contributed by atoms with van der Waals surface area (Å²) in [6.07, 6.45) is 3.05. The minimum atomic E-state index is -1.44. The van der Waals surface area contributed by atoms with E-state index in [-0.39, 0.29) is 5.92 Å². The van der Waals surface area contributed by atoms with E-state index in [2.05, 4.69) is 15.2 Å². The molecule has 0 bridgehead atoms. The number of Topliss-reactive ketones (excluding diaryl/α,β-unsaturated/α-hetero) is 1. The van der Waals surface area contributed by atoms with Crippen LogP contribution in [0.25, 0.3) is 0 Å². The summed E-state index contributed by atoms with van der Waals surface area (Å²) >= 11 is 0. The molecule has 1 rings (SSSR count). The van der Waals surface area contributed by atoms with Gasteiger partial charge in [-0.05, 0) is 52.1 Å². The Morgan fingerprint density at radius 1 is 0.944 bits per heavy atom. The SMILES string of the molecule is C1CCNCC1.CC.CCC[C@@H](C)/C(=N\O)C(C)C(O)C(O)COC(=O)C(C)C(=O)[C@H](C)C(=O)OC. The minimum Gasteiger partial charge on any atom is -0.468 e. The summed E-state index contributed by atoms with van der Waals surface area (Å²) < 4.78 is 9.39. The van der Waals surface area contributed by atoms with Crippen LogP contribution in [0.4, 0.5) is 0 Å². The Kier molecular flexibility index (Phi) is 21.2. The molecule has 0 aliphatic carbocycles. The molecule has 1 saturated heterocycles. The molecular formula is C26H50N2O8. The number of oxime groups is 1. The molecule has 1 aliphatic heterocycles. The second kappa shape index (κ2) is 21.1. The molecular weight excluding hydrogens is 468 g/mol. The third-order valence-electron chi connectivity index (χ3n) is 6.08. The number of aliphatic hydroxyl groups is 2. The molecule has 0 saturated carbocycles. The van der Waals surface area contributed by atoms with E-state index >= 15 is 0 Å². The Hall–Kier alpha value is -2.04. The van der Waals surface area contributed by atoms with E-state index in [1.807, 2.05) is 27.7 Å². The van der Waals surface area contributed by atoms with E-state index in [0.717, 1.165) is 20.0 Å². The van der Waals surface area contributed by atoms with E-state index in [1.165, 1.54) is 46.2 Å². The van der Waals surface area contributed by atoms with Crippen LogP contribution in [0, 0.1) is 23.7 Å². The second-order valence-electron chi connectivity index (χ2n) is 8.87. The van der Waals surface area contributed by atoms with Crippen LogP contribution >= 0.6 is 0 Å². The van der Waals surface area contributed by atoms with Gasteiger partial charge in [0.05, 0.1) is 18.9 Å². The number of hydrogen-bond acceptors (Lipinski definition) is 10. The van der Waals surface area contributed by atoms with Gasteiger partial charge in [0.2, 0.25) is 0 Å². The molecule has 6 atom stereocenters. The van der Waals surface area contributed by atoms with Crippen molar-refractivity contribution in [3.8, 4) is 0 Å². The van der Waals surface area contributed by atoms with Crippen molar-refractivity contribution in [3.05, 3.63) is 0 Å². The van der Waals surface area contributed by atoms with Crippen LogP contribution in [0.1, 0.15) is 80.6 Å². The summed E-state index contributed by atoms with van der Waals surface area (Å²) in [5, 5.41) is 36.2. The number of esters is 2. The number of methoxy groups -OCH3 is 1. The average molecular weight is 519 g/mol. The topological polar surface area (TPSA) is 155 Å². The normalized spacial score (nSPS) is 18.4. The van der Waals surface area contributed by atoms with Crippen molar-refractivity contribution < 1.29 is 39.3 Å². The monoisotopic (exact) mass is 518 g/mol. The van der Waals surface area contributed by atoms with Crippen molar-refractivity contribution in [2.24, 2.45) is 28.8 Å². The smallest absolute Gasteiger partial charge is 0.316 e. The van der Waals surface area contributed by atoms with Gasteiger partial charge >= 0.3 is 11.9 Å². The molecule has 10 nitrogen and oxygen atoms in total. The van der Waals surface area contributed by atoms with Gasteiger partial charge in [0.15, 0.2) is 5.78 Å². The molecule has 0 radical (unpaired) electrons. The molecule has 0 aromatic heterocycles. The average Bonchev–Trinajstić information content (AvgIpc) is 2.92. The van der Waals surface area contributed by atoms with E-state index in [0.29, 0.717) is 5.71 Å². The summed E-state index contributed by atoms with van der Waals surface area (Å²) in [6.45, 7) is 14.0. The van der Waals surface area contributed by atoms with E-state index in [1.54, 1.807) is 6.92 Å². The molecule has 10 heteroatoms. The number of rotatable bonds is 12. The molecule has 1 fully saturated rings.